The molecule has 1 aromatic heterocycles. The number of nitriles is 1. The van der Waals surface area contributed by atoms with E-state index >= 15 is 0 Å². The summed E-state index contributed by atoms with van der Waals surface area (Å²) in [6.45, 7) is 5.27. The van der Waals surface area contributed by atoms with Gasteiger partial charge in [0.25, 0.3) is 0 Å². The van der Waals surface area contributed by atoms with E-state index in [4.69, 9.17) is 11.0 Å². The van der Waals surface area contributed by atoms with Gasteiger partial charge in [-0.05, 0) is 17.5 Å². The molecule has 82 valence electrons. The molecule has 1 atom stereocenters. The molecule has 1 unspecified atom stereocenters. The molecular weight excluding hydrogens is 208 g/mol. The van der Waals surface area contributed by atoms with E-state index in [-0.39, 0.29) is 0 Å². The van der Waals surface area contributed by atoms with Crippen molar-refractivity contribution < 1.29 is 0 Å². The summed E-state index contributed by atoms with van der Waals surface area (Å²) < 4.78 is 4.00. The fraction of sp³-hybridized carbons (Fsp3) is 0.600. The van der Waals surface area contributed by atoms with Crippen LogP contribution >= 0.6 is 11.5 Å². The van der Waals surface area contributed by atoms with Crippen LogP contribution in [0.15, 0.2) is 0 Å². The highest BCUT2D eigenvalue weighted by molar-refractivity contribution is 7.10. The molecule has 0 aliphatic heterocycles. The minimum atomic E-state index is 0.341. The Balaban J connectivity index is 2.83. The van der Waals surface area contributed by atoms with Crippen LogP contribution in [0.2, 0.25) is 0 Å². The first-order valence-electron chi connectivity index (χ1n) is 4.96. The van der Waals surface area contributed by atoms with Crippen LogP contribution in [0.5, 0.6) is 0 Å². The average Bonchev–Trinajstić information content (AvgIpc) is 2.59. The maximum atomic E-state index is 8.94. The lowest BCUT2D eigenvalue weighted by Crippen LogP contribution is -2.23. The second kappa shape index (κ2) is 4.99. The Labute approximate surface area is 94.5 Å². The number of hydrogen-bond acceptors (Lipinski definition) is 5. The molecule has 4 nitrogen and oxygen atoms in total. The molecular formula is C10H16N4S. The summed E-state index contributed by atoms with van der Waals surface area (Å²) in [5.74, 6) is 0.943. The van der Waals surface area contributed by atoms with Crippen LogP contribution in [0.25, 0.3) is 0 Å². The quantitative estimate of drug-likeness (QED) is 0.850. The second-order valence-electron chi connectivity index (χ2n) is 3.75. The lowest BCUT2D eigenvalue weighted by atomic mass is 10.1. The van der Waals surface area contributed by atoms with Gasteiger partial charge in [-0.15, -0.1) is 0 Å². The van der Waals surface area contributed by atoms with Crippen LogP contribution in [0.3, 0.4) is 0 Å². The lowest BCUT2D eigenvalue weighted by molar-refractivity contribution is 0.561. The van der Waals surface area contributed by atoms with Crippen molar-refractivity contribution in [3.8, 4) is 6.07 Å². The molecule has 1 rings (SSSR count). The summed E-state index contributed by atoms with van der Waals surface area (Å²) in [4.78, 5) is 2.06. The van der Waals surface area contributed by atoms with Gasteiger partial charge >= 0.3 is 0 Å². The number of aromatic nitrogens is 1. The molecule has 5 heteroatoms. The van der Waals surface area contributed by atoms with E-state index in [2.05, 4.69) is 29.2 Å². The topological polar surface area (TPSA) is 65.9 Å². The predicted octanol–water partition coefficient (Wildman–Crippen LogP) is 2.08. The molecule has 0 saturated carbocycles. The van der Waals surface area contributed by atoms with Crippen molar-refractivity contribution in [2.75, 3.05) is 24.2 Å². The number of nitrogens with zero attached hydrogens (tertiary/aromatic N) is 3. The monoisotopic (exact) mass is 224 g/mol. The third-order valence-corrected chi connectivity index (χ3v) is 3.42. The molecule has 0 radical (unpaired) electrons. The van der Waals surface area contributed by atoms with Crippen molar-refractivity contribution in [3.63, 3.8) is 0 Å². The molecule has 0 aliphatic rings. The first-order valence-corrected chi connectivity index (χ1v) is 5.73. The van der Waals surface area contributed by atoms with Crippen molar-refractivity contribution >= 4 is 22.4 Å². The average molecular weight is 224 g/mol. The van der Waals surface area contributed by atoms with E-state index in [1.165, 1.54) is 11.5 Å². The lowest BCUT2D eigenvalue weighted by Gasteiger charge is -2.20. The summed E-state index contributed by atoms with van der Waals surface area (Å²) in [5.41, 5.74) is 6.11. The number of rotatable bonds is 4. The number of hydrogen-bond donors (Lipinski definition) is 1. The zero-order valence-corrected chi connectivity index (χ0v) is 10.1. The summed E-state index contributed by atoms with van der Waals surface area (Å²) in [5, 5.41) is 9.81. The standard InChI is InChI=1S/C10H16N4S/c1-4-7(2)6-14(3)10-8(5-11)9(12)13-15-10/h7H,4,6H2,1-3H3,(H2,12,13). The minimum absolute atomic E-state index is 0.341. The SMILES string of the molecule is CCC(C)CN(C)c1snc(N)c1C#N. The van der Waals surface area contributed by atoms with Crippen LogP contribution in [-0.4, -0.2) is 18.0 Å². The molecule has 15 heavy (non-hydrogen) atoms. The fourth-order valence-electron chi connectivity index (χ4n) is 1.34. The Kier molecular flexibility index (Phi) is 3.92. The van der Waals surface area contributed by atoms with E-state index in [0.717, 1.165) is 18.0 Å². The van der Waals surface area contributed by atoms with E-state index in [1.807, 2.05) is 7.05 Å². The smallest absolute Gasteiger partial charge is 0.157 e. The molecule has 0 fully saturated rings. The Morgan fingerprint density at radius 2 is 2.33 bits per heavy atom. The molecule has 0 bridgehead atoms. The van der Waals surface area contributed by atoms with Crippen LogP contribution in [0.4, 0.5) is 10.8 Å². The van der Waals surface area contributed by atoms with Crippen molar-refractivity contribution in [3.05, 3.63) is 5.56 Å². The highest BCUT2D eigenvalue weighted by Crippen LogP contribution is 2.29. The van der Waals surface area contributed by atoms with Gasteiger partial charge in [-0.2, -0.15) is 9.64 Å². The Hall–Kier alpha value is -1.28. The van der Waals surface area contributed by atoms with E-state index < -0.39 is 0 Å². The normalized spacial score (nSPS) is 12.1. The third-order valence-electron chi connectivity index (χ3n) is 2.44. The zero-order chi connectivity index (χ0) is 11.4. The molecule has 1 heterocycles. The molecule has 0 aromatic carbocycles. The van der Waals surface area contributed by atoms with Gasteiger partial charge in [0.1, 0.15) is 16.6 Å². The van der Waals surface area contributed by atoms with E-state index in [9.17, 15) is 0 Å². The first-order chi connectivity index (χ1) is 7.10. The van der Waals surface area contributed by atoms with E-state index in [1.54, 1.807) is 0 Å². The summed E-state index contributed by atoms with van der Waals surface area (Å²) in [6.07, 6.45) is 1.13. The number of anilines is 2. The Bertz CT molecular complexity index is 366. The van der Waals surface area contributed by atoms with Crippen molar-refractivity contribution in [2.45, 2.75) is 20.3 Å². The highest BCUT2D eigenvalue weighted by Gasteiger charge is 2.15. The highest BCUT2D eigenvalue weighted by atomic mass is 32.1. The van der Waals surface area contributed by atoms with Gasteiger partial charge in [0.15, 0.2) is 5.82 Å². The van der Waals surface area contributed by atoms with Crippen LogP contribution < -0.4 is 10.6 Å². The third kappa shape index (κ3) is 2.60. The Morgan fingerprint density at radius 1 is 1.67 bits per heavy atom. The molecule has 0 aliphatic carbocycles. The molecule has 1 aromatic rings. The van der Waals surface area contributed by atoms with Crippen molar-refractivity contribution in [2.24, 2.45) is 5.92 Å². The molecule has 0 spiro atoms. The van der Waals surface area contributed by atoms with E-state index in [0.29, 0.717) is 17.3 Å². The largest absolute Gasteiger partial charge is 0.382 e. The van der Waals surface area contributed by atoms with Crippen molar-refractivity contribution in [1.29, 1.82) is 5.26 Å². The zero-order valence-electron chi connectivity index (χ0n) is 9.32. The predicted molar refractivity (Wildman–Crippen MR) is 64.0 cm³/mol. The van der Waals surface area contributed by atoms with Gasteiger partial charge in [-0.25, -0.2) is 0 Å². The van der Waals surface area contributed by atoms with Crippen LogP contribution in [0, 0.1) is 17.2 Å². The molecule has 0 amide bonds. The summed E-state index contributed by atoms with van der Waals surface area (Å²) >= 11 is 1.29. The van der Waals surface area contributed by atoms with Gasteiger partial charge in [0, 0.05) is 13.6 Å². The maximum Gasteiger partial charge on any atom is 0.157 e. The summed E-state index contributed by atoms with van der Waals surface area (Å²) in [7, 11) is 1.97. The number of nitrogen functional groups attached to an aromatic ring is 1. The fourth-order valence-corrected chi connectivity index (χ4v) is 2.07. The molecule has 2 N–H and O–H groups in total. The van der Waals surface area contributed by atoms with Gasteiger partial charge in [-0.1, -0.05) is 20.3 Å². The van der Waals surface area contributed by atoms with Crippen LogP contribution in [0.1, 0.15) is 25.8 Å². The first kappa shape index (κ1) is 11.8. The number of nitrogens with two attached hydrogens (primary N) is 1. The minimum Gasteiger partial charge on any atom is -0.382 e. The maximum absolute atomic E-state index is 8.94. The summed E-state index contributed by atoms with van der Waals surface area (Å²) in [6, 6.07) is 2.10. The van der Waals surface area contributed by atoms with Crippen LogP contribution in [-0.2, 0) is 0 Å². The molecule has 0 saturated heterocycles. The van der Waals surface area contributed by atoms with Gasteiger partial charge in [0.05, 0.1) is 0 Å². The Morgan fingerprint density at radius 3 is 2.87 bits per heavy atom. The van der Waals surface area contributed by atoms with Gasteiger partial charge < -0.3 is 10.6 Å². The van der Waals surface area contributed by atoms with Crippen molar-refractivity contribution in [1.82, 2.24) is 4.37 Å². The van der Waals surface area contributed by atoms with Gasteiger partial charge in [-0.3, -0.25) is 0 Å². The second-order valence-corrected chi connectivity index (χ2v) is 4.51. The van der Waals surface area contributed by atoms with Gasteiger partial charge in [0.2, 0.25) is 0 Å².